The van der Waals surface area contributed by atoms with Crippen molar-refractivity contribution >= 4 is 58.6 Å². The smallest absolute Gasteiger partial charge is 0.343 e. The fourth-order valence-electron chi connectivity index (χ4n) is 6.26. The second-order valence-electron chi connectivity index (χ2n) is 16.3. The third-order valence-electron chi connectivity index (χ3n) is 9.61. The topological polar surface area (TPSA) is 196 Å². The fourth-order valence-corrected chi connectivity index (χ4v) is 7.23. The molecule has 0 saturated carbocycles. The van der Waals surface area contributed by atoms with Crippen LogP contribution in [-0.4, -0.2) is 92.4 Å². The van der Waals surface area contributed by atoms with E-state index in [0.29, 0.717) is 59.5 Å². The number of anilines is 1. The van der Waals surface area contributed by atoms with Crippen molar-refractivity contribution in [2.75, 3.05) is 45.1 Å². The molecule has 1 aliphatic carbocycles. The van der Waals surface area contributed by atoms with Gasteiger partial charge in [-0.25, -0.2) is 24.2 Å². The van der Waals surface area contributed by atoms with Crippen molar-refractivity contribution in [3.05, 3.63) is 131 Å². The molecule has 2 unspecified atom stereocenters. The molecule has 0 spiro atoms. The van der Waals surface area contributed by atoms with Gasteiger partial charge >= 0.3 is 29.8 Å². The van der Waals surface area contributed by atoms with Crippen LogP contribution < -0.4 is 19.6 Å². The van der Waals surface area contributed by atoms with Gasteiger partial charge in [-0.05, 0) is 118 Å². The highest BCUT2D eigenvalue weighted by Gasteiger charge is 2.20. The number of unbranched alkanes of at least 4 members (excludes halogenated alkanes) is 1. The summed E-state index contributed by atoms with van der Waals surface area (Å²) < 4.78 is 44.3. The Labute approximate surface area is 399 Å². The van der Waals surface area contributed by atoms with Crippen LogP contribution in [0.1, 0.15) is 102 Å². The number of ether oxygens (including phenoxy) is 8. The monoisotopic (exact) mass is 951 g/mol. The Morgan fingerprint density at radius 3 is 2.21 bits per heavy atom. The number of nitrogens with zero attached hydrogens (tertiary/aromatic N) is 2. The quantitative estimate of drug-likeness (QED) is 0.0119. The first-order valence-electron chi connectivity index (χ1n) is 22.1. The Hall–Kier alpha value is -7.11. The van der Waals surface area contributed by atoms with Crippen LogP contribution in [-0.2, 0) is 44.5 Å². The predicted molar refractivity (Wildman–Crippen MR) is 256 cm³/mol. The third kappa shape index (κ3) is 17.6. The summed E-state index contributed by atoms with van der Waals surface area (Å²) in [6, 6.07) is 18.2. The van der Waals surface area contributed by atoms with Gasteiger partial charge in [0.05, 0.1) is 49.3 Å². The highest BCUT2D eigenvalue weighted by atomic mass is 32.1. The van der Waals surface area contributed by atoms with Crippen LogP contribution in [0.2, 0.25) is 0 Å². The summed E-state index contributed by atoms with van der Waals surface area (Å²) in [6.07, 6.45) is 9.14. The van der Waals surface area contributed by atoms with Gasteiger partial charge in [0.15, 0.2) is 6.10 Å². The van der Waals surface area contributed by atoms with Gasteiger partial charge in [0.1, 0.15) is 36.1 Å². The van der Waals surface area contributed by atoms with Gasteiger partial charge in [0.2, 0.25) is 5.13 Å². The zero-order valence-corrected chi connectivity index (χ0v) is 39.5. The first-order chi connectivity index (χ1) is 32.7. The van der Waals surface area contributed by atoms with Crippen molar-refractivity contribution in [3.63, 3.8) is 0 Å². The maximum absolute atomic E-state index is 13.5. The summed E-state index contributed by atoms with van der Waals surface area (Å²) in [5.74, 6) is -1.32. The second kappa shape index (κ2) is 26.3. The van der Waals surface area contributed by atoms with Crippen molar-refractivity contribution in [3.8, 4) is 17.2 Å². The summed E-state index contributed by atoms with van der Waals surface area (Å²) in [4.78, 5) is 67.4. The minimum atomic E-state index is -0.835. The molecule has 0 bridgehead atoms. The Morgan fingerprint density at radius 2 is 1.51 bits per heavy atom. The molecule has 1 aromatic heterocycles. The zero-order chi connectivity index (χ0) is 48.9. The maximum atomic E-state index is 13.5. The third-order valence-corrected chi connectivity index (χ3v) is 10.8. The number of carbonyl (C=O) groups is 5. The first-order valence-corrected chi connectivity index (χ1v) is 22.9. The van der Waals surface area contributed by atoms with Crippen LogP contribution in [0.15, 0.2) is 103 Å². The van der Waals surface area contributed by atoms with Crippen molar-refractivity contribution in [2.24, 2.45) is 5.10 Å². The average Bonchev–Trinajstić information content (AvgIpc) is 3.75. The van der Waals surface area contributed by atoms with E-state index in [1.807, 2.05) is 26.8 Å². The summed E-state index contributed by atoms with van der Waals surface area (Å²) >= 11 is 1.53. The summed E-state index contributed by atoms with van der Waals surface area (Å²) in [5.41, 5.74) is 5.45. The number of rotatable bonds is 26. The van der Waals surface area contributed by atoms with Crippen molar-refractivity contribution in [1.82, 2.24) is 4.98 Å². The number of hydrazone groups is 1. The lowest BCUT2D eigenvalue weighted by Crippen LogP contribution is -2.30. The molecule has 0 saturated heterocycles. The first kappa shape index (κ1) is 51.9. The molecule has 3 aromatic carbocycles. The highest BCUT2D eigenvalue weighted by Crippen LogP contribution is 2.36. The molecule has 4 aromatic rings. The molecule has 0 amide bonds. The minimum absolute atomic E-state index is 0.00874. The molecule has 0 aliphatic heterocycles. The molecule has 5 rings (SSSR count). The van der Waals surface area contributed by atoms with E-state index in [1.165, 1.54) is 34.6 Å². The van der Waals surface area contributed by atoms with Crippen LogP contribution in [0, 0.1) is 0 Å². The van der Waals surface area contributed by atoms with Gasteiger partial charge in [0, 0.05) is 35.6 Å². The maximum Gasteiger partial charge on any atom is 0.343 e. The van der Waals surface area contributed by atoms with Crippen LogP contribution in [0.25, 0.3) is 6.08 Å². The van der Waals surface area contributed by atoms with Gasteiger partial charge < -0.3 is 37.9 Å². The van der Waals surface area contributed by atoms with Crippen LogP contribution >= 0.6 is 11.3 Å². The van der Waals surface area contributed by atoms with Crippen molar-refractivity contribution < 1.29 is 61.9 Å². The summed E-state index contributed by atoms with van der Waals surface area (Å²) in [5, 5.41) is 5.06. The lowest BCUT2D eigenvalue weighted by Gasteiger charge is -2.21. The number of allylic oxidation sites excluding steroid dienone is 1. The van der Waals surface area contributed by atoms with Gasteiger partial charge in [0.25, 0.3) is 0 Å². The molecule has 1 heterocycles. The number of aromatic nitrogens is 1. The number of carbonyl (C=O) groups excluding carboxylic acids is 5. The van der Waals surface area contributed by atoms with E-state index < -0.39 is 36.0 Å². The van der Waals surface area contributed by atoms with Gasteiger partial charge in [-0.2, -0.15) is 5.10 Å². The van der Waals surface area contributed by atoms with E-state index in [0.717, 1.165) is 29.8 Å². The fraction of sp³-hybridized carbons (Fsp3) is 0.353. The highest BCUT2D eigenvalue weighted by molar-refractivity contribution is 7.15. The molecule has 1 aliphatic rings. The van der Waals surface area contributed by atoms with Crippen LogP contribution in [0.4, 0.5) is 5.13 Å². The van der Waals surface area contributed by atoms with E-state index in [9.17, 15) is 24.0 Å². The lowest BCUT2D eigenvalue weighted by atomic mass is 10.00. The van der Waals surface area contributed by atoms with Crippen molar-refractivity contribution in [1.29, 1.82) is 0 Å². The Kier molecular flexibility index (Phi) is 20.1. The van der Waals surface area contributed by atoms with Crippen molar-refractivity contribution in [2.45, 2.75) is 77.4 Å². The molecule has 16 nitrogen and oxygen atoms in total. The molecule has 0 radical (unpaired) electrons. The molecule has 2 atom stereocenters. The molecule has 1 N–H and O–H groups in total. The number of fused-ring (bicyclic) bond motifs is 1. The molecule has 68 heavy (non-hydrogen) atoms. The number of benzene rings is 3. The van der Waals surface area contributed by atoms with E-state index >= 15 is 0 Å². The number of hydrogen-bond acceptors (Lipinski definition) is 17. The normalized spacial score (nSPS) is 13.4. The van der Waals surface area contributed by atoms with Crippen LogP contribution in [0.3, 0.4) is 0 Å². The molecule has 17 heteroatoms. The van der Waals surface area contributed by atoms with Gasteiger partial charge in [-0.15, -0.1) is 0 Å². The standard InChI is InChI=1S/C51H57N3O13S/c1-7-44(55)61-27-10-9-26-60-32-41(65-46(57)25-29-62-45(56)8-2)33-64-39-19-15-37(16-20-39)49(59)66-43-23-14-35(24-28-63-48(58)36-17-21-40(22-18-36)67-51(4,5)6)30-38(43)31-52-54-50-53-42-13-11-12-34(3)47(42)68-50/h7-8,11,13-23,30-31,34,41H,1-2,9-10,12,24-29,32-33H2,3-6H3,(H,53,54)/b52-31+. The SMILES string of the molecule is C=CC(=O)OCCCCOCC(COc1ccc(C(=O)Oc2ccc(CCOC(=O)c3ccc(OC(C)(C)C)cc3)cc2/C=N/Nc2nc3c(s2)C(C)CC=C3)cc1)OC(=O)CCOC(=O)C=C. The Balaban J connectivity index is 1.21. The number of hydrogen-bond donors (Lipinski definition) is 1. The van der Waals surface area contributed by atoms with Gasteiger partial charge in [-0.1, -0.05) is 43.6 Å². The van der Waals surface area contributed by atoms with E-state index in [-0.39, 0.29) is 56.4 Å². The zero-order valence-electron chi connectivity index (χ0n) is 38.7. The largest absolute Gasteiger partial charge is 0.490 e. The number of nitrogens with one attached hydrogen (secondary N) is 1. The number of esters is 5. The Bertz CT molecular complexity index is 2420. The molecule has 360 valence electrons. The molecular formula is C51H57N3O13S. The predicted octanol–water partition coefficient (Wildman–Crippen LogP) is 8.84. The lowest BCUT2D eigenvalue weighted by molar-refractivity contribution is -0.156. The second-order valence-corrected chi connectivity index (χ2v) is 17.3. The summed E-state index contributed by atoms with van der Waals surface area (Å²) in [7, 11) is 0. The van der Waals surface area contributed by atoms with E-state index in [2.05, 4.69) is 41.7 Å². The minimum Gasteiger partial charge on any atom is -0.490 e. The van der Waals surface area contributed by atoms with E-state index in [1.54, 1.807) is 54.6 Å². The summed E-state index contributed by atoms with van der Waals surface area (Å²) in [6.45, 7) is 15.0. The molecule has 0 fully saturated rings. The number of thiazole rings is 1. The van der Waals surface area contributed by atoms with E-state index in [4.69, 9.17) is 37.9 Å². The average molecular weight is 952 g/mol. The van der Waals surface area contributed by atoms with Crippen LogP contribution in [0.5, 0.6) is 17.2 Å². The van der Waals surface area contributed by atoms with Gasteiger partial charge in [-0.3, -0.25) is 10.2 Å². The molecular weight excluding hydrogens is 895 g/mol. The Morgan fingerprint density at radius 1 is 0.838 bits per heavy atom.